The molecule has 3 aromatic rings. The summed E-state index contributed by atoms with van der Waals surface area (Å²) in [6.07, 6.45) is 0.201. The molecule has 1 atom stereocenters. The Morgan fingerprint density at radius 1 is 1.21 bits per heavy atom. The molecule has 150 valence electrons. The number of aromatic nitrogens is 2. The SMILES string of the molecule is CCOc1ccccc1-c1noc(C2CC(=O)N(Cc3cc(F)cc(F)c3)C2)n1. The summed E-state index contributed by atoms with van der Waals surface area (Å²) < 4.78 is 37.8. The summed E-state index contributed by atoms with van der Waals surface area (Å²) in [5.41, 5.74) is 1.11. The molecule has 1 saturated heterocycles. The zero-order chi connectivity index (χ0) is 20.4. The summed E-state index contributed by atoms with van der Waals surface area (Å²) in [5.74, 6) is -0.347. The largest absolute Gasteiger partial charge is 0.493 e. The van der Waals surface area contributed by atoms with Crippen molar-refractivity contribution in [2.45, 2.75) is 25.8 Å². The summed E-state index contributed by atoms with van der Waals surface area (Å²) in [6.45, 7) is 2.86. The Hall–Kier alpha value is -3.29. The third-order valence-corrected chi connectivity index (χ3v) is 4.73. The van der Waals surface area contributed by atoms with Crippen molar-refractivity contribution in [3.8, 4) is 17.1 Å². The first-order valence-electron chi connectivity index (χ1n) is 9.32. The number of hydrogen-bond acceptors (Lipinski definition) is 5. The molecule has 0 radical (unpaired) electrons. The van der Waals surface area contributed by atoms with Gasteiger partial charge in [-0.15, -0.1) is 0 Å². The number of halogens is 2. The van der Waals surface area contributed by atoms with Gasteiger partial charge in [-0.3, -0.25) is 4.79 Å². The van der Waals surface area contributed by atoms with Gasteiger partial charge in [0, 0.05) is 25.6 Å². The summed E-state index contributed by atoms with van der Waals surface area (Å²) >= 11 is 0. The Labute approximate surface area is 166 Å². The van der Waals surface area contributed by atoms with E-state index in [9.17, 15) is 13.6 Å². The number of amides is 1. The first kappa shape index (κ1) is 19.0. The van der Waals surface area contributed by atoms with Crippen LogP contribution in [0.1, 0.15) is 30.7 Å². The minimum Gasteiger partial charge on any atom is -0.493 e. The lowest BCUT2D eigenvalue weighted by Gasteiger charge is -2.16. The van der Waals surface area contributed by atoms with Crippen molar-refractivity contribution in [2.75, 3.05) is 13.2 Å². The second-order valence-corrected chi connectivity index (χ2v) is 6.84. The van der Waals surface area contributed by atoms with Crippen molar-refractivity contribution in [3.05, 3.63) is 65.6 Å². The lowest BCUT2D eigenvalue weighted by atomic mass is 10.1. The van der Waals surface area contributed by atoms with Gasteiger partial charge in [0.1, 0.15) is 17.4 Å². The Morgan fingerprint density at radius 2 is 1.97 bits per heavy atom. The molecule has 1 aromatic heterocycles. The third kappa shape index (κ3) is 4.11. The van der Waals surface area contributed by atoms with E-state index in [2.05, 4.69) is 10.1 Å². The monoisotopic (exact) mass is 399 g/mol. The van der Waals surface area contributed by atoms with E-state index in [1.165, 1.54) is 17.0 Å². The van der Waals surface area contributed by atoms with Gasteiger partial charge < -0.3 is 14.2 Å². The average Bonchev–Trinajstić information content (AvgIpc) is 3.29. The number of rotatable bonds is 6. The van der Waals surface area contributed by atoms with Crippen LogP contribution < -0.4 is 4.74 Å². The lowest BCUT2D eigenvalue weighted by Crippen LogP contribution is -2.24. The number of hydrogen-bond donors (Lipinski definition) is 0. The molecule has 0 N–H and O–H groups in total. The maximum atomic E-state index is 13.4. The molecule has 1 aliphatic rings. The van der Waals surface area contributed by atoms with Gasteiger partial charge in [0.05, 0.1) is 18.1 Å². The predicted molar refractivity (Wildman–Crippen MR) is 100 cm³/mol. The van der Waals surface area contributed by atoms with E-state index in [0.29, 0.717) is 41.7 Å². The maximum Gasteiger partial charge on any atom is 0.232 e. The van der Waals surface area contributed by atoms with Gasteiger partial charge >= 0.3 is 0 Å². The molecule has 0 bridgehead atoms. The summed E-state index contributed by atoms with van der Waals surface area (Å²) in [5, 5.41) is 4.04. The summed E-state index contributed by atoms with van der Waals surface area (Å²) in [7, 11) is 0. The van der Waals surface area contributed by atoms with Gasteiger partial charge in [-0.25, -0.2) is 8.78 Å². The van der Waals surface area contributed by atoms with E-state index < -0.39 is 11.6 Å². The van der Waals surface area contributed by atoms with E-state index in [4.69, 9.17) is 9.26 Å². The highest BCUT2D eigenvalue weighted by molar-refractivity contribution is 5.79. The minimum absolute atomic E-state index is 0.123. The zero-order valence-electron chi connectivity index (χ0n) is 15.8. The van der Waals surface area contributed by atoms with Crippen LogP contribution in [-0.4, -0.2) is 34.1 Å². The quantitative estimate of drug-likeness (QED) is 0.628. The highest BCUT2D eigenvalue weighted by atomic mass is 19.1. The van der Waals surface area contributed by atoms with E-state index >= 15 is 0 Å². The first-order chi connectivity index (χ1) is 14.0. The molecule has 1 fully saturated rings. The van der Waals surface area contributed by atoms with Crippen molar-refractivity contribution in [1.82, 2.24) is 15.0 Å². The topological polar surface area (TPSA) is 68.5 Å². The second-order valence-electron chi connectivity index (χ2n) is 6.84. The first-order valence-corrected chi connectivity index (χ1v) is 9.32. The normalized spacial score (nSPS) is 16.4. The van der Waals surface area contributed by atoms with Gasteiger partial charge in [0.15, 0.2) is 0 Å². The number of carbonyl (C=O) groups is 1. The molecule has 1 amide bonds. The molecule has 0 saturated carbocycles. The predicted octanol–water partition coefficient (Wildman–Crippen LogP) is 3.93. The Morgan fingerprint density at radius 3 is 2.72 bits per heavy atom. The molecule has 29 heavy (non-hydrogen) atoms. The number of carbonyl (C=O) groups excluding carboxylic acids is 1. The number of ether oxygens (including phenoxy) is 1. The van der Waals surface area contributed by atoms with Crippen molar-refractivity contribution < 1.29 is 22.8 Å². The number of nitrogens with zero attached hydrogens (tertiary/aromatic N) is 3. The zero-order valence-corrected chi connectivity index (χ0v) is 15.8. The molecule has 2 aromatic carbocycles. The molecular formula is C21H19F2N3O3. The summed E-state index contributed by atoms with van der Waals surface area (Å²) in [4.78, 5) is 18.4. The van der Waals surface area contributed by atoms with Crippen molar-refractivity contribution >= 4 is 5.91 Å². The molecule has 0 aliphatic carbocycles. The molecule has 6 nitrogen and oxygen atoms in total. The highest BCUT2D eigenvalue weighted by Gasteiger charge is 2.34. The van der Waals surface area contributed by atoms with E-state index in [1.807, 2.05) is 31.2 Å². The Balaban J connectivity index is 1.50. The fourth-order valence-corrected chi connectivity index (χ4v) is 3.46. The molecule has 8 heteroatoms. The Kier molecular flexibility index (Phi) is 5.24. The smallest absolute Gasteiger partial charge is 0.232 e. The number of benzene rings is 2. The third-order valence-electron chi connectivity index (χ3n) is 4.73. The highest BCUT2D eigenvalue weighted by Crippen LogP contribution is 2.32. The van der Waals surface area contributed by atoms with Crippen LogP contribution in [0.15, 0.2) is 47.0 Å². The van der Waals surface area contributed by atoms with Gasteiger partial charge in [-0.2, -0.15) is 4.98 Å². The van der Waals surface area contributed by atoms with Crippen LogP contribution in [0, 0.1) is 11.6 Å². The van der Waals surface area contributed by atoms with Gasteiger partial charge in [-0.1, -0.05) is 17.3 Å². The van der Waals surface area contributed by atoms with Crippen LogP contribution in [0.5, 0.6) is 5.75 Å². The van der Waals surface area contributed by atoms with Crippen molar-refractivity contribution in [1.29, 1.82) is 0 Å². The average molecular weight is 399 g/mol. The van der Waals surface area contributed by atoms with Crippen LogP contribution in [0.4, 0.5) is 8.78 Å². The summed E-state index contributed by atoms with van der Waals surface area (Å²) in [6, 6.07) is 10.6. The molecule has 1 aliphatic heterocycles. The second kappa shape index (κ2) is 7.98. The van der Waals surface area contributed by atoms with Crippen LogP contribution >= 0.6 is 0 Å². The minimum atomic E-state index is -0.669. The Bertz CT molecular complexity index is 1020. The molecular weight excluding hydrogens is 380 g/mol. The van der Waals surface area contributed by atoms with Crippen LogP contribution in [0.3, 0.4) is 0 Å². The molecule has 0 spiro atoms. The van der Waals surface area contributed by atoms with Gasteiger partial charge in [0.2, 0.25) is 17.6 Å². The fourth-order valence-electron chi connectivity index (χ4n) is 3.46. The van der Waals surface area contributed by atoms with Gasteiger partial charge in [-0.05, 0) is 36.8 Å². The fraction of sp³-hybridized carbons (Fsp3) is 0.286. The number of para-hydroxylation sites is 1. The van der Waals surface area contributed by atoms with Crippen LogP contribution in [0.2, 0.25) is 0 Å². The van der Waals surface area contributed by atoms with E-state index in [0.717, 1.165) is 6.07 Å². The van der Waals surface area contributed by atoms with Crippen LogP contribution in [-0.2, 0) is 11.3 Å². The van der Waals surface area contributed by atoms with Gasteiger partial charge in [0.25, 0.3) is 0 Å². The van der Waals surface area contributed by atoms with Crippen molar-refractivity contribution in [2.24, 2.45) is 0 Å². The standard InChI is InChI=1S/C21H19F2N3O3/c1-2-28-18-6-4-3-5-17(18)20-24-21(29-25-20)14-9-19(27)26(12-14)11-13-7-15(22)10-16(23)8-13/h3-8,10,14H,2,9,11-12H2,1H3. The van der Waals surface area contributed by atoms with E-state index in [-0.39, 0.29) is 24.8 Å². The maximum absolute atomic E-state index is 13.4. The number of likely N-dealkylation sites (tertiary alicyclic amines) is 1. The van der Waals surface area contributed by atoms with Crippen molar-refractivity contribution in [3.63, 3.8) is 0 Å². The lowest BCUT2D eigenvalue weighted by molar-refractivity contribution is -0.128. The van der Waals surface area contributed by atoms with Crippen LogP contribution in [0.25, 0.3) is 11.4 Å². The molecule has 1 unspecified atom stereocenters. The molecule has 2 heterocycles. The molecule has 4 rings (SSSR count). The van der Waals surface area contributed by atoms with E-state index in [1.54, 1.807) is 0 Å².